The van der Waals surface area contributed by atoms with Crippen molar-refractivity contribution in [3.8, 4) is 5.75 Å². The molecule has 8 heteroatoms. The molecule has 5 nitrogen and oxygen atoms in total. The zero-order valence-electron chi connectivity index (χ0n) is 15.4. The summed E-state index contributed by atoms with van der Waals surface area (Å²) in [5, 5.41) is 3.96. The molecule has 0 bridgehead atoms. The summed E-state index contributed by atoms with van der Waals surface area (Å²) in [6, 6.07) is 8.38. The van der Waals surface area contributed by atoms with Crippen LogP contribution in [-0.2, 0) is 11.2 Å². The normalized spacial score (nSPS) is 12.8. The molecule has 28 heavy (non-hydrogen) atoms. The summed E-state index contributed by atoms with van der Waals surface area (Å²) in [7, 11) is 0. The van der Waals surface area contributed by atoms with Crippen LogP contribution >= 0.6 is 0 Å². The van der Waals surface area contributed by atoms with E-state index in [1.807, 2.05) is 31.3 Å². The number of alkyl halides is 3. The predicted molar refractivity (Wildman–Crippen MR) is 99.1 cm³/mol. The first-order chi connectivity index (χ1) is 13.2. The number of rotatable bonds is 6. The van der Waals surface area contributed by atoms with Crippen LogP contribution in [0.3, 0.4) is 0 Å². The molecule has 0 fully saturated rings. The van der Waals surface area contributed by atoms with E-state index in [9.17, 15) is 18.0 Å². The smallest absolute Gasteiger partial charge is 0.422 e. The van der Waals surface area contributed by atoms with Gasteiger partial charge in [-0.25, -0.2) is 0 Å². The maximum atomic E-state index is 12.3. The van der Waals surface area contributed by atoms with Crippen molar-refractivity contribution in [2.24, 2.45) is 0 Å². The van der Waals surface area contributed by atoms with Crippen LogP contribution < -0.4 is 10.1 Å². The highest BCUT2D eigenvalue weighted by molar-refractivity contribution is 5.85. The number of aromatic amines is 1. The summed E-state index contributed by atoms with van der Waals surface area (Å²) >= 11 is 0. The number of amides is 1. The van der Waals surface area contributed by atoms with E-state index >= 15 is 0 Å². The Hall–Kier alpha value is -3.03. The molecule has 0 saturated heterocycles. The van der Waals surface area contributed by atoms with Gasteiger partial charge in [-0.3, -0.25) is 9.78 Å². The van der Waals surface area contributed by atoms with Crippen molar-refractivity contribution in [3.63, 3.8) is 0 Å². The highest BCUT2D eigenvalue weighted by Gasteiger charge is 2.28. The molecule has 3 rings (SSSR count). The van der Waals surface area contributed by atoms with Gasteiger partial charge in [0.15, 0.2) is 6.61 Å². The second-order valence-corrected chi connectivity index (χ2v) is 6.64. The van der Waals surface area contributed by atoms with Crippen molar-refractivity contribution in [3.05, 3.63) is 59.5 Å². The van der Waals surface area contributed by atoms with E-state index in [4.69, 9.17) is 0 Å². The molecule has 2 N–H and O–H groups in total. The minimum absolute atomic E-state index is 0.0224. The largest absolute Gasteiger partial charge is 0.483 e. The van der Waals surface area contributed by atoms with Gasteiger partial charge in [-0.15, -0.1) is 0 Å². The van der Waals surface area contributed by atoms with Crippen LogP contribution in [0.4, 0.5) is 13.2 Å². The van der Waals surface area contributed by atoms with E-state index in [1.54, 1.807) is 6.92 Å². The number of carbonyl (C=O) groups excluding carboxylic acids is 1. The number of hydrogen-bond donors (Lipinski definition) is 2. The maximum Gasteiger partial charge on any atom is 0.422 e. The second-order valence-electron chi connectivity index (χ2n) is 6.64. The first-order valence-corrected chi connectivity index (χ1v) is 8.73. The van der Waals surface area contributed by atoms with Gasteiger partial charge in [-0.05, 0) is 43.2 Å². The Morgan fingerprint density at radius 3 is 2.75 bits per heavy atom. The van der Waals surface area contributed by atoms with Crippen molar-refractivity contribution in [2.75, 3.05) is 6.61 Å². The number of pyridine rings is 1. The number of nitrogens with zero attached hydrogens (tertiary/aromatic N) is 1. The zero-order valence-corrected chi connectivity index (χ0v) is 15.4. The minimum atomic E-state index is -4.40. The fourth-order valence-electron chi connectivity index (χ4n) is 2.88. The summed E-state index contributed by atoms with van der Waals surface area (Å²) in [4.78, 5) is 19.6. The van der Waals surface area contributed by atoms with E-state index in [-0.39, 0.29) is 24.1 Å². The molecule has 0 aliphatic rings. The van der Waals surface area contributed by atoms with Crippen molar-refractivity contribution in [2.45, 2.75) is 32.5 Å². The third-order valence-electron chi connectivity index (χ3n) is 4.30. The number of H-pyrrole nitrogens is 1. The number of aromatic nitrogens is 2. The number of benzene rings is 1. The average molecular weight is 391 g/mol. The molecule has 0 aliphatic heterocycles. The topological polar surface area (TPSA) is 67.0 Å². The summed E-state index contributed by atoms with van der Waals surface area (Å²) in [5.41, 5.74) is 3.53. The molecule has 148 valence electrons. The van der Waals surface area contributed by atoms with Gasteiger partial charge in [0.1, 0.15) is 5.75 Å². The first kappa shape index (κ1) is 19.7. The predicted octanol–water partition coefficient (Wildman–Crippen LogP) is 4.23. The highest BCUT2D eigenvalue weighted by atomic mass is 19.4. The van der Waals surface area contributed by atoms with Crippen LogP contribution in [0.15, 0.2) is 42.7 Å². The number of ether oxygens (including phenoxy) is 1. The van der Waals surface area contributed by atoms with Gasteiger partial charge in [0.2, 0.25) is 5.91 Å². The molecule has 1 amide bonds. The number of hydrogen-bond acceptors (Lipinski definition) is 3. The van der Waals surface area contributed by atoms with Gasteiger partial charge >= 0.3 is 6.18 Å². The molecule has 0 saturated carbocycles. The molecule has 0 radical (unpaired) electrons. The van der Waals surface area contributed by atoms with Crippen molar-refractivity contribution >= 4 is 16.8 Å². The molecule has 1 aromatic carbocycles. The lowest BCUT2D eigenvalue weighted by atomic mass is 10.1. The molecule has 0 unspecified atom stereocenters. The number of nitrogens with one attached hydrogen (secondary N) is 2. The van der Waals surface area contributed by atoms with Gasteiger partial charge < -0.3 is 15.0 Å². The summed E-state index contributed by atoms with van der Waals surface area (Å²) < 4.78 is 41.1. The lowest BCUT2D eigenvalue weighted by Gasteiger charge is -2.14. The third kappa shape index (κ3) is 5.03. The highest BCUT2D eigenvalue weighted by Crippen LogP contribution is 2.21. The Morgan fingerprint density at radius 2 is 2.07 bits per heavy atom. The van der Waals surface area contributed by atoms with Crippen LogP contribution in [0.5, 0.6) is 5.75 Å². The molecule has 0 aliphatic carbocycles. The minimum Gasteiger partial charge on any atom is -0.483 e. The van der Waals surface area contributed by atoms with Crippen molar-refractivity contribution in [1.82, 2.24) is 15.3 Å². The van der Waals surface area contributed by atoms with E-state index in [2.05, 4.69) is 20.0 Å². The Bertz CT molecular complexity index is 965. The third-order valence-corrected chi connectivity index (χ3v) is 4.30. The number of carbonyl (C=O) groups is 1. The van der Waals surface area contributed by atoms with Gasteiger partial charge in [-0.2, -0.15) is 13.2 Å². The van der Waals surface area contributed by atoms with Crippen LogP contribution in [0.1, 0.15) is 29.8 Å². The number of halogens is 3. The molecular weight excluding hydrogens is 371 g/mol. The Labute approximate surface area is 159 Å². The van der Waals surface area contributed by atoms with Crippen LogP contribution in [-0.4, -0.2) is 28.7 Å². The molecule has 1 atom stereocenters. The Kier molecular flexibility index (Phi) is 5.58. The van der Waals surface area contributed by atoms with E-state index in [0.29, 0.717) is 5.69 Å². The molecule has 3 aromatic rings. The second kappa shape index (κ2) is 7.92. The van der Waals surface area contributed by atoms with Crippen molar-refractivity contribution < 1.29 is 22.7 Å². The van der Waals surface area contributed by atoms with Crippen LogP contribution in [0.25, 0.3) is 10.9 Å². The number of fused-ring (bicyclic) bond motifs is 1. The van der Waals surface area contributed by atoms with Crippen molar-refractivity contribution in [1.29, 1.82) is 0 Å². The fraction of sp³-hybridized carbons (Fsp3) is 0.300. The zero-order chi connectivity index (χ0) is 20.3. The van der Waals surface area contributed by atoms with Gasteiger partial charge in [0, 0.05) is 17.1 Å². The molecule has 2 heterocycles. The Morgan fingerprint density at radius 1 is 1.29 bits per heavy atom. The van der Waals surface area contributed by atoms with Crippen LogP contribution in [0, 0.1) is 6.92 Å². The summed E-state index contributed by atoms with van der Waals surface area (Å²) in [6.45, 7) is 2.40. The lowest BCUT2D eigenvalue weighted by Crippen LogP contribution is -2.28. The molecule has 2 aromatic heterocycles. The monoisotopic (exact) mass is 391 g/mol. The van der Waals surface area contributed by atoms with Gasteiger partial charge in [0.05, 0.1) is 24.4 Å². The summed E-state index contributed by atoms with van der Waals surface area (Å²) in [6.07, 6.45) is -1.05. The Balaban J connectivity index is 1.57. The van der Waals surface area contributed by atoms with E-state index < -0.39 is 12.8 Å². The average Bonchev–Trinajstić information content (AvgIpc) is 3.00. The maximum absolute atomic E-state index is 12.3. The summed E-state index contributed by atoms with van der Waals surface area (Å²) in [5.74, 6) is -0.150. The van der Waals surface area contributed by atoms with Crippen LogP contribution in [0.2, 0.25) is 0 Å². The first-order valence-electron chi connectivity index (χ1n) is 8.73. The SMILES string of the molecule is Cc1c[nH]c2cc(CC(=O)N[C@H](C)c3ccc(OCC(F)(F)F)cn3)ccc12. The fourth-order valence-corrected chi connectivity index (χ4v) is 2.88. The lowest BCUT2D eigenvalue weighted by molar-refractivity contribution is -0.153. The quantitative estimate of drug-likeness (QED) is 0.661. The standard InChI is InChI=1S/C20H20F3N3O2/c1-12-9-24-18-7-14(3-5-16(12)18)8-19(27)26-13(2)17-6-4-15(10-25-17)28-11-20(21,22)23/h3-7,9-10,13,24H,8,11H2,1-2H3,(H,26,27)/t13-/m1/s1. The molecular formula is C20H20F3N3O2. The number of aryl methyl sites for hydroxylation is 1. The van der Waals surface area contributed by atoms with E-state index in [1.165, 1.54) is 18.3 Å². The van der Waals surface area contributed by atoms with E-state index in [0.717, 1.165) is 22.0 Å². The van der Waals surface area contributed by atoms with Gasteiger partial charge in [-0.1, -0.05) is 12.1 Å². The van der Waals surface area contributed by atoms with Gasteiger partial charge in [0.25, 0.3) is 0 Å². The molecule has 0 spiro atoms.